The van der Waals surface area contributed by atoms with Crippen LogP contribution in [-0.2, 0) is 18.6 Å². The highest BCUT2D eigenvalue weighted by Gasteiger charge is 2.38. The predicted octanol–water partition coefficient (Wildman–Crippen LogP) is 2.74. The molecule has 0 aliphatic heterocycles. The molecule has 0 saturated heterocycles. The van der Waals surface area contributed by atoms with Crippen molar-refractivity contribution in [3.05, 3.63) is 0 Å². The van der Waals surface area contributed by atoms with Gasteiger partial charge in [-0.1, -0.05) is 20.8 Å². The van der Waals surface area contributed by atoms with Crippen LogP contribution >= 0.6 is 0 Å². The van der Waals surface area contributed by atoms with Gasteiger partial charge in [0.05, 0.1) is 19.8 Å². The first-order valence-corrected chi connectivity index (χ1v) is 10.0. The van der Waals surface area contributed by atoms with Crippen molar-refractivity contribution in [3.63, 3.8) is 0 Å². The number of carbonyl (C=O) groups is 1. The number of alkyl carbamates (subject to hydrolysis) is 1. The molecule has 0 saturated carbocycles. The fraction of sp³-hybridized carbons (Fsp3) is 0.929. The van der Waals surface area contributed by atoms with Crippen LogP contribution in [0.3, 0.4) is 0 Å². The molecule has 0 rings (SSSR count). The first kappa shape index (κ1) is 20.4. The third-order valence-electron chi connectivity index (χ3n) is 3.90. The minimum Gasteiger partial charge on any atom is -0.453 e. The molecule has 1 N–H and O–H groups in total. The average molecular weight is 321 g/mol. The SMILES string of the molecule is COCO[C@H](CO[Si](C)(C)C(C)(C)C)[C@@H](C)NC(=O)OC. The summed E-state index contributed by atoms with van der Waals surface area (Å²) in [5.74, 6) is 0. The Kier molecular flexibility index (Phi) is 8.46. The fourth-order valence-corrected chi connectivity index (χ4v) is 2.35. The molecule has 0 aromatic rings. The van der Waals surface area contributed by atoms with E-state index in [1.165, 1.54) is 7.11 Å². The Hall–Kier alpha value is -0.633. The van der Waals surface area contributed by atoms with Crippen molar-refractivity contribution in [3.8, 4) is 0 Å². The third-order valence-corrected chi connectivity index (χ3v) is 8.40. The van der Waals surface area contributed by atoms with E-state index in [1.54, 1.807) is 7.11 Å². The van der Waals surface area contributed by atoms with E-state index in [-0.39, 0.29) is 24.0 Å². The van der Waals surface area contributed by atoms with E-state index in [0.717, 1.165) is 0 Å². The Bertz CT molecular complexity index is 317. The van der Waals surface area contributed by atoms with Crippen LogP contribution in [0.5, 0.6) is 0 Å². The molecule has 126 valence electrons. The fourth-order valence-electron chi connectivity index (χ4n) is 1.34. The van der Waals surface area contributed by atoms with Gasteiger partial charge in [0, 0.05) is 7.11 Å². The van der Waals surface area contributed by atoms with Crippen LogP contribution in [0, 0.1) is 0 Å². The molecule has 0 bridgehead atoms. The molecule has 0 aliphatic carbocycles. The Morgan fingerprint density at radius 2 is 1.81 bits per heavy atom. The summed E-state index contributed by atoms with van der Waals surface area (Å²) in [4.78, 5) is 11.3. The zero-order valence-electron chi connectivity index (χ0n) is 14.6. The Balaban J connectivity index is 4.66. The monoisotopic (exact) mass is 321 g/mol. The molecule has 0 fully saturated rings. The Morgan fingerprint density at radius 3 is 2.24 bits per heavy atom. The van der Waals surface area contributed by atoms with Gasteiger partial charge in [-0.3, -0.25) is 0 Å². The number of amides is 1. The summed E-state index contributed by atoms with van der Waals surface area (Å²) >= 11 is 0. The highest BCUT2D eigenvalue weighted by Crippen LogP contribution is 2.36. The highest BCUT2D eigenvalue weighted by molar-refractivity contribution is 6.74. The van der Waals surface area contributed by atoms with Gasteiger partial charge in [0.25, 0.3) is 0 Å². The van der Waals surface area contributed by atoms with E-state index in [0.29, 0.717) is 6.61 Å². The molecule has 0 spiro atoms. The van der Waals surface area contributed by atoms with Crippen molar-refractivity contribution in [2.24, 2.45) is 0 Å². The van der Waals surface area contributed by atoms with Crippen LogP contribution in [0.25, 0.3) is 0 Å². The maximum Gasteiger partial charge on any atom is 0.407 e. The number of ether oxygens (including phenoxy) is 3. The average Bonchev–Trinajstić information content (AvgIpc) is 2.36. The molecule has 0 unspecified atom stereocenters. The normalized spacial score (nSPS) is 15.4. The van der Waals surface area contributed by atoms with Gasteiger partial charge in [0.2, 0.25) is 0 Å². The third kappa shape index (κ3) is 7.26. The molecule has 2 atom stereocenters. The molecule has 0 radical (unpaired) electrons. The van der Waals surface area contributed by atoms with Crippen LogP contribution in [0.2, 0.25) is 18.1 Å². The summed E-state index contributed by atoms with van der Waals surface area (Å²) in [6.07, 6.45) is -0.779. The molecular weight excluding hydrogens is 290 g/mol. The standard InChI is InChI=1S/C14H31NO5Si/c1-11(15-13(16)18-6)12(19-10-17-5)9-20-21(7,8)14(2,3)4/h11-12H,9-10H2,1-8H3,(H,15,16)/t11-,12-/m1/s1. The lowest BCUT2D eigenvalue weighted by atomic mass is 10.2. The first-order valence-electron chi connectivity index (χ1n) is 7.14. The van der Waals surface area contributed by atoms with Gasteiger partial charge < -0.3 is 24.0 Å². The molecule has 0 aromatic carbocycles. The van der Waals surface area contributed by atoms with Gasteiger partial charge in [-0.25, -0.2) is 4.79 Å². The molecule has 7 heteroatoms. The van der Waals surface area contributed by atoms with Gasteiger partial charge in [0.15, 0.2) is 8.32 Å². The van der Waals surface area contributed by atoms with Crippen LogP contribution in [-0.4, -0.2) is 54.2 Å². The summed E-state index contributed by atoms with van der Waals surface area (Å²) in [6.45, 7) is 13.3. The van der Waals surface area contributed by atoms with Gasteiger partial charge in [-0.15, -0.1) is 0 Å². The molecular formula is C14H31NO5Si. The predicted molar refractivity (Wildman–Crippen MR) is 84.9 cm³/mol. The maximum atomic E-state index is 11.3. The number of hydrogen-bond acceptors (Lipinski definition) is 5. The van der Waals surface area contributed by atoms with Crippen molar-refractivity contribution in [2.75, 3.05) is 27.6 Å². The van der Waals surface area contributed by atoms with Gasteiger partial charge in [-0.05, 0) is 25.1 Å². The van der Waals surface area contributed by atoms with Crippen LogP contribution in [0.1, 0.15) is 27.7 Å². The topological polar surface area (TPSA) is 66.0 Å². The van der Waals surface area contributed by atoms with E-state index < -0.39 is 14.4 Å². The number of carbonyl (C=O) groups excluding carboxylic acids is 1. The maximum absolute atomic E-state index is 11.3. The summed E-state index contributed by atoms with van der Waals surface area (Å²) in [7, 11) is 1.03. The van der Waals surface area contributed by atoms with Crippen molar-refractivity contribution in [1.29, 1.82) is 0 Å². The second kappa shape index (κ2) is 8.72. The van der Waals surface area contributed by atoms with Crippen molar-refractivity contribution >= 4 is 14.4 Å². The Morgan fingerprint density at radius 1 is 1.24 bits per heavy atom. The zero-order chi connectivity index (χ0) is 16.7. The first-order chi connectivity index (χ1) is 9.55. The van der Waals surface area contributed by atoms with E-state index in [2.05, 4.69) is 43.9 Å². The highest BCUT2D eigenvalue weighted by atomic mass is 28.4. The van der Waals surface area contributed by atoms with Crippen LogP contribution < -0.4 is 5.32 Å². The number of rotatable bonds is 8. The van der Waals surface area contributed by atoms with E-state index in [4.69, 9.17) is 13.9 Å². The van der Waals surface area contributed by atoms with E-state index in [1.807, 2.05) is 6.92 Å². The molecule has 0 aromatic heterocycles. The van der Waals surface area contributed by atoms with E-state index in [9.17, 15) is 4.79 Å². The van der Waals surface area contributed by atoms with Crippen molar-refractivity contribution in [1.82, 2.24) is 5.32 Å². The molecule has 6 nitrogen and oxygen atoms in total. The number of hydrogen-bond donors (Lipinski definition) is 1. The lowest BCUT2D eigenvalue weighted by Crippen LogP contribution is -2.49. The zero-order valence-corrected chi connectivity index (χ0v) is 15.6. The lowest BCUT2D eigenvalue weighted by Gasteiger charge is -2.38. The second-order valence-electron chi connectivity index (χ2n) is 6.61. The number of nitrogens with one attached hydrogen (secondary N) is 1. The second-order valence-corrected chi connectivity index (χ2v) is 11.4. The van der Waals surface area contributed by atoms with Crippen LogP contribution in [0.15, 0.2) is 0 Å². The minimum atomic E-state index is -1.87. The van der Waals surface area contributed by atoms with Gasteiger partial charge >= 0.3 is 6.09 Å². The van der Waals surface area contributed by atoms with Gasteiger partial charge in [0.1, 0.15) is 12.9 Å². The number of methoxy groups -OCH3 is 2. The molecule has 0 aliphatic rings. The minimum absolute atomic E-state index is 0.123. The lowest BCUT2D eigenvalue weighted by molar-refractivity contribution is -0.0943. The van der Waals surface area contributed by atoms with Gasteiger partial charge in [-0.2, -0.15) is 0 Å². The van der Waals surface area contributed by atoms with E-state index >= 15 is 0 Å². The van der Waals surface area contributed by atoms with Crippen molar-refractivity contribution in [2.45, 2.75) is 58.0 Å². The summed E-state index contributed by atoms with van der Waals surface area (Å²) in [5.41, 5.74) is 0. The largest absolute Gasteiger partial charge is 0.453 e. The molecule has 1 amide bonds. The molecule has 0 heterocycles. The summed E-state index contributed by atoms with van der Waals surface area (Å²) < 4.78 is 21.3. The summed E-state index contributed by atoms with van der Waals surface area (Å²) in [6, 6.07) is -0.239. The Labute approximate surface area is 129 Å². The molecule has 21 heavy (non-hydrogen) atoms. The quantitative estimate of drug-likeness (QED) is 0.550. The smallest absolute Gasteiger partial charge is 0.407 e. The van der Waals surface area contributed by atoms with Crippen molar-refractivity contribution < 1.29 is 23.4 Å². The van der Waals surface area contributed by atoms with Crippen LogP contribution in [0.4, 0.5) is 4.79 Å². The summed E-state index contributed by atoms with van der Waals surface area (Å²) in [5, 5.41) is 2.83.